The number of esters is 1. The number of carbonyl (C=O) groups is 1. The summed E-state index contributed by atoms with van der Waals surface area (Å²) in [6.45, 7) is 11.5. The van der Waals surface area contributed by atoms with E-state index in [9.17, 15) is 9.90 Å². The standard InChI is InChI=1S/C18H34O5/c1-13(22-17(2,3)4)12-21-16(20)18(5,6)23-15-9-7-8-14(19)10-11-15/h13-15,19H,7-12H2,1-6H3. The fourth-order valence-corrected chi connectivity index (χ4v) is 2.84. The Morgan fingerprint density at radius 1 is 1.13 bits per heavy atom. The van der Waals surface area contributed by atoms with E-state index in [1.807, 2.05) is 27.7 Å². The fraction of sp³-hybridized carbons (Fsp3) is 0.944. The fourth-order valence-electron chi connectivity index (χ4n) is 2.84. The van der Waals surface area contributed by atoms with Crippen molar-refractivity contribution in [3.05, 3.63) is 0 Å². The van der Waals surface area contributed by atoms with Crippen molar-refractivity contribution < 1.29 is 24.1 Å². The maximum absolute atomic E-state index is 12.3. The van der Waals surface area contributed by atoms with Crippen LogP contribution in [0.1, 0.15) is 73.6 Å². The van der Waals surface area contributed by atoms with Gasteiger partial charge in [-0.15, -0.1) is 0 Å². The van der Waals surface area contributed by atoms with Crippen LogP contribution in [0.25, 0.3) is 0 Å². The molecule has 0 amide bonds. The minimum Gasteiger partial charge on any atom is -0.461 e. The summed E-state index contributed by atoms with van der Waals surface area (Å²) in [5.74, 6) is -0.369. The summed E-state index contributed by atoms with van der Waals surface area (Å²) in [7, 11) is 0. The topological polar surface area (TPSA) is 65.0 Å². The first kappa shape index (κ1) is 20.4. The second kappa shape index (κ2) is 8.45. The maximum Gasteiger partial charge on any atom is 0.337 e. The van der Waals surface area contributed by atoms with E-state index in [0.717, 1.165) is 32.1 Å². The van der Waals surface area contributed by atoms with Gasteiger partial charge >= 0.3 is 5.97 Å². The van der Waals surface area contributed by atoms with Crippen molar-refractivity contribution in [2.75, 3.05) is 6.61 Å². The van der Waals surface area contributed by atoms with Gasteiger partial charge in [0.15, 0.2) is 5.60 Å². The molecule has 136 valence electrons. The maximum atomic E-state index is 12.3. The molecule has 0 heterocycles. The Morgan fingerprint density at radius 3 is 2.39 bits per heavy atom. The van der Waals surface area contributed by atoms with Crippen molar-refractivity contribution in [1.82, 2.24) is 0 Å². The molecule has 3 atom stereocenters. The van der Waals surface area contributed by atoms with Gasteiger partial charge in [0, 0.05) is 0 Å². The summed E-state index contributed by atoms with van der Waals surface area (Å²) in [5.41, 5.74) is -1.25. The van der Waals surface area contributed by atoms with Gasteiger partial charge in [0.2, 0.25) is 0 Å². The second-order valence-corrected chi connectivity index (χ2v) is 8.05. The lowest BCUT2D eigenvalue weighted by molar-refractivity contribution is -0.181. The molecule has 0 aromatic rings. The highest BCUT2D eigenvalue weighted by Crippen LogP contribution is 2.25. The Labute approximate surface area is 140 Å². The molecule has 0 aliphatic heterocycles. The highest BCUT2D eigenvalue weighted by molar-refractivity contribution is 5.78. The van der Waals surface area contributed by atoms with Gasteiger partial charge in [0.05, 0.1) is 23.9 Å². The summed E-state index contributed by atoms with van der Waals surface area (Å²) in [5, 5.41) is 9.69. The minimum absolute atomic E-state index is 0.00190. The average Bonchev–Trinajstić information content (AvgIpc) is 2.58. The van der Waals surface area contributed by atoms with Crippen LogP contribution in [0.2, 0.25) is 0 Å². The zero-order chi connectivity index (χ0) is 17.7. The van der Waals surface area contributed by atoms with Gasteiger partial charge < -0.3 is 19.3 Å². The summed E-state index contributed by atoms with van der Waals surface area (Å²) in [6.07, 6.45) is 3.71. The summed E-state index contributed by atoms with van der Waals surface area (Å²) < 4.78 is 17.1. The van der Waals surface area contributed by atoms with Crippen LogP contribution in [0.4, 0.5) is 0 Å². The summed E-state index contributed by atoms with van der Waals surface area (Å²) in [6, 6.07) is 0. The first-order chi connectivity index (χ1) is 10.5. The summed E-state index contributed by atoms with van der Waals surface area (Å²) in [4.78, 5) is 12.3. The third-order valence-electron chi connectivity index (χ3n) is 3.84. The van der Waals surface area contributed by atoms with E-state index in [1.165, 1.54) is 0 Å². The first-order valence-corrected chi connectivity index (χ1v) is 8.70. The zero-order valence-electron chi connectivity index (χ0n) is 15.6. The second-order valence-electron chi connectivity index (χ2n) is 8.05. The predicted octanol–water partition coefficient (Wildman–Crippen LogP) is 3.22. The number of carbonyl (C=O) groups excluding carboxylic acids is 1. The summed E-state index contributed by atoms with van der Waals surface area (Å²) >= 11 is 0. The molecule has 1 aliphatic rings. The van der Waals surface area contributed by atoms with Crippen molar-refractivity contribution in [3.63, 3.8) is 0 Å². The molecule has 1 saturated carbocycles. The third-order valence-corrected chi connectivity index (χ3v) is 3.84. The molecule has 1 N–H and O–H groups in total. The van der Waals surface area contributed by atoms with Crippen molar-refractivity contribution in [2.45, 2.75) is 103 Å². The molecule has 1 rings (SSSR count). The van der Waals surface area contributed by atoms with Gasteiger partial charge in [-0.2, -0.15) is 0 Å². The van der Waals surface area contributed by atoms with Crippen molar-refractivity contribution in [1.29, 1.82) is 0 Å². The van der Waals surface area contributed by atoms with E-state index in [-0.39, 0.29) is 36.5 Å². The van der Waals surface area contributed by atoms with Crippen molar-refractivity contribution in [2.24, 2.45) is 0 Å². The highest BCUT2D eigenvalue weighted by Gasteiger charge is 2.34. The Kier molecular flexibility index (Phi) is 7.49. The SMILES string of the molecule is CC(COC(=O)C(C)(C)OC1CCCC(O)CC1)OC(C)(C)C. The van der Waals surface area contributed by atoms with Crippen LogP contribution in [-0.2, 0) is 19.0 Å². The minimum atomic E-state index is -0.985. The predicted molar refractivity (Wildman–Crippen MR) is 89.3 cm³/mol. The Hall–Kier alpha value is -0.650. The lowest BCUT2D eigenvalue weighted by Crippen LogP contribution is -2.41. The number of aliphatic hydroxyl groups excluding tert-OH is 1. The highest BCUT2D eigenvalue weighted by atomic mass is 16.6. The molecule has 0 bridgehead atoms. The van der Waals surface area contributed by atoms with Gasteiger partial charge in [-0.05, 0) is 73.6 Å². The molecular formula is C18H34O5. The monoisotopic (exact) mass is 330 g/mol. The van der Waals surface area contributed by atoms with Crippen molar-refractivity contribution in [3.8, 4) is 0 Å². The Balaban J connectivity index is 2.43. The van der Waals surface area contributed by atoms with Crippen LogP contribution in [-0.4, -0.2) is 47.2 Å². The number of ether oxygens (including phenoxy) is 3. The Morgan fingerprint density at radius 2 is 1.78 bits per heavy atom. The van der Waals surface area contributed by atoms with Crippen LogP contribution < -0.4 is 0 Å². The number of hydrogen-bond donors (Lipinski definition) is 1. The molecule has 3 unspecified atom stereocenters. The quantitative estimate of drug-likeness (QED) is 0.598. The molecule has 0 radical (unpaired) electrons. The van der Waals surface area contributed by atoms with E-state index in [4.69, 9.17) is 14.2 Å². The molecule has 23 heavy (non-hydrogen) atoms. The molecule has 0 aromatic heterocycles. The largest absolute Gasteiger partial charge is 0.461 e. The van der Waals surface area contributed by atoms with E-state index in [0.29, 0.717) is 0 Å². The van der Waals surface area contributed by atoms with Gasteiger partial charge in [-0.3, -0.25) is 0 Å². The molecule has 5 heteroatoms. The smallest absolute Gasteiger partial charge is 0.337 e. The molecule has 1 aliphatic carbocycles. The van der Waals surface area contributed by atoms with Gasteiger partial charge in [-0.1, -0.05) is 0 Å². The molecule has 1 fully saturated rings. The van der Waals surface area contributed by atoms with E-state index < -0.39 is 5.60 Å². The van der Waals surface area contributed by atoms with Crippen LogP contribution in [0.15, 0.2) is 0 Å². The Bertz CT molecular complexity index is 372. The van der Waals surface area contributed by atoms with E-state index in [2.05, 4.69) is 0 Å². The van der Waals surface area contributed by atoms with Crippen LogP contribution in [0, 0.1) is 0 Å². The average molecular weight is 330 g/mol. The van der Waals surface area contributed by atoms with Gasteiger partial charge in [0.25, 0.3) is 0 Å². The first-order valence-electron chi connectivity index (χ1n) is 8.70. The number of aliphatic hydroxyl groups is 1. The van der Waals surface area contributed by atoms with E-state index >= 15 is 0 Å². The molecular weight excluding hydrogens is 296 g/mol. The zero-order valence-corrected chi connectivity index (χ0v) is 15.6. The molecule has 0 aromatic carbocycles. The normalized spacial score (nSPS) is 24.8. The van der Waals surface area contributed by atoms with Gasteiger partial charge in [0.1, 0.15) is 6.61 Å². The molecule has 0 spiro atoms. The van der Waals surface area contributed by atoms with Crippen LogP contribution in [0.3, 0.4) is 0 Å². The van der Waals surface area contributed by atoms with Crippen LogP contribution >= 0.6 is 0 Å². The lowest BCUT2D eigenvalue weighted by atomic mass is 10.1. The third kappa shape index (κ3) is 8.13. The van der Waals surface area contributed by atoms with Crippen molar-refractivity contribution >= 4 is 5.97 Å². The number of hydrogen-bond acceptors (Lipinski definition) is 5. The lowest BCUT2D eigenvalue weighted by Gasteiger charge is -2.30. The van der Waals surface area contributed by atoms with E-state index in [1.54, 1.807) is 13.8 Å². The molecule has 0 saturated heterocycles. The number of rotatable bonds is 6. The van der Waals surface area contributed by atoms with Gasteiger partial charge in [-0.25, -0.2) is 4.79 Å². The van der Waals surface area contributed by atoms with Crippen LogP contribution in [0.5, 0.6) is 0 Å². The molecule has 5 nitrogen and oxygen atoms in total.